The van der Waals surface area contributed by atoms with E-state index in [-0.39, 0.29) is 10.8 Å². The Labute approximate surface area is 174 Å². The third-order valence-corrected chi connectivity index (χ3v) is 7.91. The van der Waals surface area contributed by atoms with Gasteiger partial charge >= 0.3 is 5.97 Å². The molecule has 0 amide bonds. The van der Waals surface area contributed by atoms with Gasteiger partial charge in [-0.3, -0.25) is 0 Å². The quantitative estimate of drug-likeness (QED) is 0.422. The standard InChI is InChI=1S/C22H25ClO6/c1-26-18(24)6-4-14-3-5-17(19(23)20(14)25)22(27-2)21(28-29-22)15-8-12-7-13(10-15)11-16(21)9-12/h3-6,12-13,15-16,25H,7-11H2,1-2H3/p-1/b6-4+. The van der Waals surface area contributed by atoms with Gasteiger partial charge in [-0.05, 0) is 67.4 Å². The fourth-order valence-electron chi connectivity index (χ4n) is 6.51. The molecule has 0 aromatic heterocycles. The zero-order valence-electron chi connectivity index (χ0n) is 16.5. The van der Waals surface area contributed by atoms with Gasteiger partial charge in [0.1, 0.15) is 0 Å². The molecule has 1 aromatic carbocycles. The smallest absolute Gasteiger partial charge is 0.330 e. The molecule has 6 nitrogen and oxygen atoms in total. The lowest BCUT2D eigenvalue weighted by molar-refractivity contribution is -0.645. The van der Waals surface area contributed by atoms with Crippen LogP contribution in [0.1, 0.15) is 43.2 Å². The van der Waals surface area contributed by atoms with Gasteiger partial charge in [0.25, 0.3) is 5.79 Å². The van der Waals surface area contributed by atoms with Crippen LogP contribution in [-0.2, 0) is 29.8 Å². The fourth-order valence-corrected chi connectivity index (χ4v) is 6.81. The lowest BCUT2D eigenvalue weighted by atomic mass is 9.47. The van der Waals surface area contributed by atoms with Crippen LogP contribution >= 0.6 is 11.6 Å². The summed E-state index contributed by atoms with van der Waals surface area (Å²) in [6.45, 7) is 0. The number of carbonyl (C=O) groups is 1. The maximum absolute atomic E-state index is 12.9. The number of ether oxygens (including phenoxy) is 2. The van der Waals surface area contributed by atoms with Crippen LogP contribution in [0.3, 0.4) is 0 Å². The summed E-state index contributed by atoms with van der Waals surface area (Å²) in [6, 6.07) is 3.38. The summed E-state index contributed by atoms with van der Waals surface area (Å²) in [6.07, 6.45) is 8.32. The van der Waals surface area contributed by atoms with E-state index in [1.807, 2.05) is 0 Å². The summed E-state index contributed by atoms with van der Waals surface area (Å²) in [5.41, 5.74) is 0.199. The number of carbonyl (C=O) groups excluding carboxylic acids is 1. The average Bonchev–Trinajstić information content (AvgIpc) is 2.69. The Morgan fingerprint density at radius 2 is 1.79 bits per heavy atom. The summed E-state index contributed by atoms with van der Waals surface area (Å²) in [5, 5.41) is 12.9. The van der Waals surface area contributed by atoms with Gasteiger partial charge < -0.3 is 14.6 Å². The van der Waals surface area contributed by atoms with E-state index < -0.39 is 17.4 Å². The second-order valence-electron chi connectivity index (χ2n) is 8.79. The van der Waals surface area contributed by atoms with E-state index in [0.29, 0.717) is 23.0 Å². The highest BCUT2D eigenvalue weighted by Gasteiger charge is 2.76. The molecule has 1 unspecified atom stereocenters. The monoisotopic (exact) mass is 419 g/mol. The van der Waals surface area contributed by atoms with Gasteiger partial charge in [-0.1, -0.05) is 29.5 Å². The highest BCUT2D eigenvalue weighted by atomic mass is 35.5. The Morgan fingerprint density at radius 1 is 1.14 bits per heavy atom. The predicted octanol–water partition coefficient (Wildman–Crippen LogP) is 3.56. The summed E-state index contributed by atoms with van der Waals surface area (Å²) in [5.74, 6) is 0.0548. The Balaban J connectivity index is 1.55. The van der Waals surface area contributed by atoms with E-state index in [2.05, 4.69) is 4.74 Å². The van der Waals surface area contributed by atoms with Crippen LogP contribution in [-0.4, -0.2) is 25.8 Å². The molecule has 1 aromatic rings. The lowest BCUT2D eigenvalue weighted by Gasteiger charge is -2.68. The number of esters is 1. The minimum atomic E-state index is -1.18. The van der Waals surface area contributed by atoms with Gasteiger partial charge in [0.05, 0.1) is 7.11 Å². The molecule has 1 heterocycles. The second-order valence-corrected chi connectivity index (χ2v) is 9.16. The Kier molecular flexibility index (Phi) is 4.48. The van der Waals surface area contributed by atoms with Crippen LogP contribution in [0, 0.1) is 23.7 Å². The molecule has 0 radical (unpaired) electrons. The van der Waals surface area contributed by atoms with Gasteiger partial charge in [0, 0.05) is 23.8 Å². The number of benzene rings is 1. The van der Waals surface area contributed by atoms with Crippen molar-refractivity contribution in [3.05, 3.63) is 34.4 Å². The maximum atomic E-state index is 12.9. The van der Waals surface area contributed by atoms with E-state index in [9.17, 15) is 9.90 Å². The molecule has 1 saturated heterocycles. The largest absolute Gasteiger partial charge is 0.871 e. The van der Waals surface area contributed by atoms with Crippen molar-refractivity contribution in [1.82, 2.24) is 0 Å². The molecule has 7 heteroatoms. The molecular formula is C22H24ClO6-. The zero-order chi connectivity index (χ0) is 20.4. The number of halogens is 1. The molecular weight excluding hydrogens is 396 g/mol. The van der Waals surface area contributed by atoms with Crippen molar-refractivity contribution in [2.24, 2.45) is 23.7 Å². The molecule has 1 spiro atoms. The molecule has 1 atom stereocenters. The van der Waals surface area contributed by atoms with E-state index in [4.69, 9.17) is 26.1 Å². The lowest BCUT2D eigenvalue weighted by Crippen LogP contribution is -2.76. The van der Waals surface area contributed by atoms with Crippen molar-refractivity contribution in [3.8, 4) is 5.75 Å². The zero-order valence-corrected chi connectivity index (χ0v) is 17.2. The first kappa shape index (κ1) is 19.4. The topological polar surface area (TPSA) is 77.1 Å². The fraction of sp³-hybridized carbons (Fsp3) is 0.591. The maximum Gasteiger partial charge on any atom is 0.330 e. The number of methoxy groups -OCH3 is 2. The van der Waals surface area contributed by atoms with Crippen LogP contribution in [0.15, 0.2) is 18.2 Å². The first-order chi connectivity index (χ1) is 13.9. The van der Waals surface area contributed by atoms with Gasteiger partial charge in [0.2, 0.25) is 0 Å². The molecule has 29 heavy (non-hydrogen) atoms. The van der Waals surface area contributed by atoms with Crippen molar-refractivity contribution in [2.75, 3.05) is 14.2 Å². The highest BCUT2D eigenvalue weighted by Crippen LogP contribution is 2.69. The number of rotatable bonds is 4. The van der Waals surface area contributed by atoms with Gasteiger partial charge in [-0.2, -0.15) is 4.89 Å². The summed E-state index contributed by atoms with van der Waals surface area (Å²) in [7, 11) is 2.86. The van der Waals surface area contributed by atoms with Gasteiger partial charge in [0.15, 0.2) is 5.60 Å². The molecule has 1 aliphatic heterocycles. The molecule has 4 aliphatic carbocycles. The summed E-state index contributed by atoms with van der Waals surface area (Å²) < 4.78 is 10.5. The molecule has 4 saturated carbocycles. The molecule has 156 valence electrons. The molecule has 4 bridgehead atoms. The van der Waals surface area contributed by atoms with E-state index in [1.165, 1.54) is 25.7 Å². The summed E-state index contributed by atoms with van der Waals surface area (Å²) in [4.78, 5) is 23.0. The van der Waals surface area contributed by atoms with Crippen molar-refractivity contribution in [3.63, 3.8) is 0 Å². The predicted molar refractivity (Wildman–Crippen MR) is 103 cm³/mol. The van der Waals surface area contributed by atoms with Gasteiger partial charge in [-0.15, -0.1) is 0 Å². The number of hydrogen-bond donors (Lipinski definition) is 0. The average molecular weight is 420 g/mol. The van der Waals surface area contributed by atoms with Crippen LogP contribution in [0.4, 0.5) is 0 Å². The first-order valence-corrected chi connectivity index (χ1v) is 10.5. The molecule has 6 rings (SSSR count). The van der Waals surface area contributed by atoms with E-state index >= 15 is 0 Å². The van der Waals surface area contributed by atoms with Crippen LogP contribution < -0.4 is 5.11 Å². The second kappa shape index (κ2) is 6.71. The third kappa shape index (κ3) is 2.49. The van der Waals surface area contributed by atoms with Crippen LogP contribution in [0.25, 0.3) is 6.08 Å². The van der Waals surface area contributed by atoms with E-state index in [1.54, 1.807) is 19.2 Å². The molecule has 5 fully saturated rings. The Morgan fingerprint density at radius 3 is 2.31 bits per heavy atom. The Hall–Kier alpha value is -1.60. The third-order valence-electron chi connectivity index (χ3n) is 7.53. The minimum Gasteiger partial charge on any atom is -0.871 e. The Bertz CT molecular complexity index is 848. The van der Waals surface area contributed by atoms with Crippen molar-refractivity contribution in [1.29, 1.82) is 0 Å². The van der Waals surface area contributed by atoms with Crippen molar-refractivity contribution < 1.29 is 29.1 Å². The first-order valence-electron chi connectivity index (χ1n) is 10.1. The van der Waals surface area contributed by atoms with E-state index in [0.717, 1.165) is 37.5 Å². The van der Waals surface area contributed by atoms with Gasteiger partial charge in [-0.25, -0.2) is 9.68 Å². The summed E-state index contributed by atoms with van der Waals surface area (Å²) >= 11 is 6.54. The van der Waals surface area contributed by atoms with Crippen LogP contribution in [0.5, 0.6) is 5.75 Å². The highest BCUT2D eigenvalue weighted by molar-refractivity contribution is 6.33. The molecule has 0 N–H and O–H groups in total. The van der Waals surface area contributed by atoms with Crippen molar-refractivity contribution in [2.45, 2.75) is 43.5 Å². The number of hydrogen-bond acceptors (Lipinski definition) is 6. The SMILES string of the molecule is COC(=O)/C=C/c1ccc(C2(OC)OOC23C2CC4CC(C2)CC3C4)c(Cl)c1[O-]. The minimum absolute atomic E-state index is 0.0374. The molecule has 5 aliphatic rings. The normalized spacial score (nSPS) is 39.8. The van der Waals surface area contributed by atoms with Crippen LogP contribution in [0.2, 0.25) is 5.02 Å². The van der Waals surface area contributed by atoms with Crippen molar-refractivity contribution >= 4 is 23.6 Å².